The van der Waals surface area contributed by atoms with Crippen molar-refractivity contribution in [1.82, 2.24) is 10.2 Å². The predicted octanol–water partition coefficient (Wildman–Crippen LogP) is 3.61. The Labute approximate surface area is 183 Å². The lowest BCUT2D eigenvalue weighted by molar-refractivity contribution is -0.136. The van der Waals surface area contributed by atoms with E-state index in [-0.39, 0.29) is 6.04 Å². The van der Waals surface area contributed by atoms with E-state index in [1.54, 1.807) is 25.1 Å². The second kappa shape index (κ2) is 9.96. The quantitative estimate of drug-likeness (QED) is 0.690. The van der Waals surface area contributed by atoms with Gasteiger partial charge in [-0.25, -0.2) is 0 Å². The van der Waals surface area contributed by atoms with Gasteiger partial charge in [-0.3, -0.25) is 14.5 Å². The first-order valence-electron chi connectivity index (χ1n) is 10.2. The van der Waals surface area contributed by atoms with E-state index in [4.69, 9.17) is 11.6 Å². The molecular formula is C23H29ClN4O2. The lowest BCUT2D eigenvalue weighted by atomic mass is 10.0. The predicted molar refractivity (Wildman–Crippen MR) is 122 cm³/mol. The topological polar surface area (TPSA) is 64.7 Å². The molecule has 1 saturated heterocycles. The maximum Gasteiger partial charge on any atom is 0.313 e. The van der Waals surface area contributed by atoms with Crippen LogP contribution in [0.1, 0.15) is 30.0 Å². The third-order valence-corrected chi connectivity index (χ3v) is 5.96. The van der Waals surface area contributed by atoms with Gasteiger partial charge in [0.15, 0.2) is 0 Å². The third-order valence-electron chi connectivity index (χ3n) is 5.55. The first kappa shape index (κ1) is 22.1. The zero-order chi connectivity index (χ0) is 21.7. The van der Waals surface area contributed by atoms with Gasteiger partial charge in [-0.15, -0.1) is 0 Å². The molecule has 0 spiro atoms. The van der Waals surface area contributed by atoms with Gasteiger partial charge in [0.1, 0.15) is 0 Å². The van der Waals surface area contributed by atoms with Crippen molar-refractivity contribution < 1.29 is 9.59 Å². The molecule has 160 valence electrons. The summed E-state index contributed by atoms with van der Waals surface area (Å²) in [6.07, 6.45) is 2.30. The van der Waals surface area contributed by atoms with Crippen LogP contribution in [0.15, 0.2) is 42.5 Å². The first-order chi connectivity index (χ1) is 14.4. The van der Waals surface area contributed by atoms with Crippen LogP contribution in [0.4, 0.5) is 11.4 Å². The SMILES string of the molecule is Cc1c(Cl)cccc1NC(=O)C(=O)NC[C@@H](c1ccc(N(C)C)cc1)N1CCCC1. The number of likely N-dealkylation sites (tertiary alicyclic amines) is 1. The van der Waals surface area contributed by atoms with Gasteiger partial charge in [0.2, 0.25) is 0 Å². The number of carbonyl (C=O) groups is 2. The zero-order valence-electron chi connectivity index (χ0n) is 17.7. The van der Waals surface area contributed by atoms with E-state index in [0.29, 0.717) is 17.3 Å². The molecule has 3 rings (SSSR count). The Morgan fingerprint density at radius 3 is 2.37 bits per heavy atom. The molecule has 1 heterocycles. The second-order valence-electron chi connectivity index (χ2n) is 7.82. The summed E-state index contributed by atoms with van der Waals surface area (Å²) in [6.45, 7) is 4.16. The Hall–Kier alpha value is -2.57. The minimum absolute atomic E-state index is 0.0355. The van der Waals surface area contributed by atoms with E-state index in [1.165, 1.54) is 0 Å². The van der Waals surface area contributed by atoms with Crippen LogP contribution >= 0.6 is 11.6 Å². The molecule has 7 heteroatoms. The average molecular weight is 429 g/mol. The van der Waals surface area contributed by atoms with Crippen LogP contribution in [-0.2, 0) is 9.59 Å². The van der Waals surface area contributed by atoms with Crippen molar-refractivity contribution in [2.75, 3.05) is 43.9 Å². The highest BCUT2D eigenvalue weighted by molar-refractivity contribution is 6.40. The van der Waals surface area contributed by atoms with Crippen molar-refractivity contribution in [1.29, 1.82) is 0 Å². The molecule has 0 aliphatic carbocycles. The van der Waals surface area contributed by atoms with Gasteiger partial charge in [-0.05, 0) is 68.2 Å². The lowest BCUT2D eigenvalue weighted by Gasteiger charge is -2.28. The normalized spacial score (nSPS) is 14.9. The molecule has 2 N–H and O–H groups in total. The maximum atomic E-state index is 12.5. The van der Waals surface area contributed by atoms with Crippen LogP contribution in [0.5, 0.6) is 0 Å². The molecule has 2 amide bonds. The van der Waals surface area contributed by atoms with E-state index >= 15 is 0 Å². The molecule has 2 aromatic carbocycles. The number of carbonyl (C=O) groups excluding carboxylic acids is 2. The van der Waals surface area contributed by atoms with Gasteiger partial charge < -0.3 is 15.5 Å². The third kappa shape index (κ3) is 5.32. The van der Waals surface area contributed by atoms with Crippen LogP contribution < -0.4 is 15.5 Å². The molecule has 1 fully saturated rings. The molecule has 0 aromatic heterocycles. The molecule has 0 unspecified atom stereocenters. The molecule has 1 atom stereocenters. The molecule has 2 aromatic rings. The Bertz CT molecular complexity index is 893. The molecule has 6 nitrogen and oxygen atoms in total. The number of hydrogen-bond donors (Lipinski definition) is 2. The smallest absolute Gasteiger partial charge is 0.313 e. The van der Waals surface area contributed by atoms with E-state index < -0.39 is 11.8 Å². The van der Waals surface area contributed by atoms with Crippen LogP contribution in [-0.4, -0.2) is 50.4 Å². The number of hydrogen-bond acceptors (Lipinski definition) is 4. The highest BCUT2D eigenvalue weighted by atomic mass is 35.5. The van der Waals surface area contributed by atoms with Crippen molar-refractivity contribution >= 4 is 34.8 Å². The average Bonchev–Trinajstić information content (AvgIpc) is 3.26. The first-order valence-corrected chi connectivity index (χ1v) is 10.6. The number of nitrogens with one attached hydrogen (secondary N) is 2. The van der Waals surface area contributed by atoms with Crippen LogP contribution in [0.3, 0.4) is 0 Å². The summed E-state index contributed by atoms with van der Waals surface area (Å²) >= 11 is 6.09. The standard InChI is InChI=1S/C23H29ClN4O2/c1-16-19(24)7-6-8-20(16)26-23(30)22(29)25-15-21(28-13-4-5-14-28)17-9-11-18(12-10-17)27(2)3/h6-12,21H,4-5,13-15H2,1-3H3,(H,25,29)(H,26,30)/t21-/m0/s1. The fraction of sp³-hybridized carbons (Fsp3) is 0.391. The summed E-state index contributed by atoms with van der Waals surface area (Å²) in [7, 11) is 4.01. The number of rotatable bonds is 6. The minimum atomic E-state index is -0.691. The van der Waals surface area contributed by atoms with Crippen molar-refractivity contribution in [3.05, 3.63) is 58.6 Å². The number of amides is 2. The second-order valence-corrected chi connectivity index (χ2v) is 8.23. The zero-order valence-corrected chi connectivity index (χ0v) is 18.5. The van der Waals surface area contributed by atoms with Crippen molar-refractivity contribution in [3.8, 4) is 0 Å². The minimum Gasteiger partial charge on any atom is -0.378 e. The summed E-state index contributed by atoms with van der Waals surface area (Å²) in [6, 6.07) is 13.6. The largest absolute Gasteiger partial charge is 0.378 e. The number of halogens is 1. The van der Waals surface area contributed by atoms with E-state index in [1.807, 2.05) is 14.1 Å². The molecular weight excluding hydrogens is 400 g/mol. The van der Waals surface area contributed by atoms with Crippen LogP contribution in [0.25, 0.3) is 0 Å². The summed E-state index contributed by atoms with van der Waals surface area (Å²) in [5, 5.41) is 6.01. The van der Waals surface area contributed by atoms with Crippen LogP contribution in [0.2, 0.25) is 5.02 Å². The summed E-state index contributed by atoms with van der Waals surface area (Å²) < 4.78 is 0. The van der Waals surface area contributed by atoms with Gasteiger partial charge in [-0.2, -0.15) is 0 Å². The number of anilines is 2. The van der Waals surface area contributed by atoms with Crippen molar-refractivity contribution in [2.24, 2.45) is 0 Å². The Morgan fingerprint density at radius 1 is 1.07 bits per heavy atom. The number of benzene rings is 2. The molecule has 0 saturated carbocycles. The van der Waals surface area contributed by atoms with Gasteiger partial charge in [-0.1, -0.05) is 29.8 Å². The van der Waals surface area contributed by atoms with E-state index in [0.717, 1.165) is 42.7 Å². The van der Waals surface area contributed by atoms with Gasteiger partial charge in [0.05, 0.1) is 6.04 Å². The maximum absolute atomic E-state index is 12.5. The van der Waals surface area contributed by atoms with E-state index in [2.05, 4.69) is 44.7 Å². The van der Waals surface area contributed by atoms with E-state index in [9.17, 15) is 9.59 Å². The van der Waals surface area contributed by atoms with Crippen molar-refractivity contribution in [2.45, 2.75) is 25.8 Å². The summed E-state index contributed by atoms with van der Waals surface area (Å²) in [4.78, 5) is 29.3. The van der Waals surface area contributed by atoms with Crippen LogP contribution in [0, 0.1) is 6.92 Å². The monoisotopic (exact) mass is 428 g/mol. The highest BCUT2D eigenvalue weighted by Crippen LogP contribution is 2.26. The number of nitrogens with zero attached hydrogens (tertiary/aromatic N) is 2. The molecule has 1 aliphatic rings. The summed E-state index contributed by atoms with van der Waals surface area (Å²) in [5.74, 6) is -1.34. The van der Waals surface area contributed by atoms with Gasteiger partial charge in [0, 0.05) is 37.0 Å². The fourth-order valence-electron chi connectivity index (χ4n) is 3.70. The fourth-order valence-corrected chi connectivity index (χ4v) is 3.87. The van der Waals surface area contributed by atoms with Gasteiger partial charge in [0.25, 0.3) is 0 Å². The Balaban J connectivity index is 1.66. The van der Waals surface area contributed by atoms with Crippen molar-refractivity contribution in [3.63, 3.8) is 0 Å². The Kier molecular flexibility index (Phi) is 7.34. The molecule has 1 aliphatic heterocycles. The lowest BCUT2D eigenvalue weighted by Crippen LogP contribution is -2.41. The molecule has 0 bridgehead atoms. The van der Waals surface area contributed by atoms with Gasteiger partial charge >= 0.3 is 11.8 Å². The summed E-state index contributed by atoms with van der Waals surface area (Å²) in [5.41, 5.74) is 3.53. The molecule has 30 heavy (non-hydrogen) atoms. The Morgan fingerprint density at radius 2 is 1.73 bits per heavy atom. The highest BCUT2D eigenvalue weighted by Gasteiger charge is 2.25. The molecule has 0 radical (unpaired) electrons.